The van der Waals surface area contributed by atoms with E-state index in [9.17, 15) is 4.79 Å². The summed E-state index contributed by atoms with van der Waals surface area (Å²) >= 11 is 1.38. The van der Waals surface area contributed by atoms with Gasteiger partial charge in [0.15, 0.2) is 5.13 Å². The first-order chi connectivity index (χ1) is 14.2. The van der Waals surface area contributed by atoms with Crippen molar-refractivity contribution in [3.05, 3.63) is 89.8 Å². The SMILES string of the molecule is COc1cccc(-c2csc(NC(=O)c3ccc(Oc4ccccc4)cc3)n2)c1. The van der Waals surface area contributed by atoms with E-state index in [-0.39, 0.29) is 5.91 Å². The van der Waals surface area contributed by atoms with Crippen LogP contribution in [0.4, 0.5) is 5.13 Å². The van der Waals surface area contributed by atoms with Crippen LogP contribution >= 0.6 is 11.3 Å². The standard InChI is InChI=1S/C23H18N2O3S/c1-27-20-9-5-6-17(14-20)21-15-29-23(24-21)25-22(26)16-10-12-19(13-11-16)28-18-7-3-2-4-8-18/h2-15H,1H3,(H,24,25,26). The maximum absolute atomic E-state index is 12.5. The molecule has 0 saturated heterocycles. The second-order valence-electron chi connectivity index (χ2n) is 6.16. The van der Waals surface area contributed by atoms with E-state index in [1.165, 1.54) is 11.3 Å². The van der Waals surface area contributed by atoms with Gasteiger partial charge in [-0.15, -0.1) is 11.3 Å². The topological polar surface area (TPSA) is 60.5 Å². The van der Waals surface area contributed by atoms with Gasteiger partial charge < -0.3 is 9.47 Å². The molecule has 5 nitrogen and oxygen atoms in total. The lowest BCUT2D eigenvalue weighted by atomic mass is 10.2. The molecule has 4 rings (SSSR count). The number of thiazole rings is 1. The van der Waals surface area contributed by atoms with E-state index in [1.807, 2.05) is 60.0 Å². The number of methoxy groups -OCH3 is 1. The lowest BCUT2D eigenvalue weighted by Crippen LogP contribution is -2.11. The van der Waals surface area contributed by atoms with Crippen LogP contribution in [0.2, 0.25) is 0 Å². The van der Waals surface area contributed by atoms with Crippen molar-refractivity contribution in [2.75, 3.05) is 12.4 Å². The van der Waals surface area contributed by atoms with Gasteiger partial charge in [-0.1, -0.05) is 30.3 Å². The number of carbonyl (C=O) groups excluding carboxylic acids is 1. The molecular weight excluding hydrogens is 384 g/mol. The van der Waals surface area contributed by atoms with Gasteiger partial charge in [0, 0.05) is 16.5 Å². The zero-order valence-electron chi connectivity index (χ0n) is 15.7. The van der Waals surface area contributed by atoms with E-state index in [4.69, 9.17) is 9.47 Å². The summed E-state index contributed by atoms with van der Waals surface area (Å²) in [5, 5.41) is 5.29. The van der Waals surface area contributed by atoms with Gasteiger partial charge in [0.05, 0.1) is 12.8 Å². The van der Waals surface area contributed by atoms with Crippen molar-refractivity contribution >= 4 is 22.4 Å². The van der Waals surface area contributed by atoms with E-state index in [1.54, 1.807) is 31.4 Å². The highest BCUT2D eigenvalue weighted by molar-refractivity contribution is 7.14. The van der Waals surface area contributed by atoms with Crippen LogP contribution in [0, 0.1) is 0 Å². The third-order valence-corrected chi connectivity index (χ3v) is 4.94. The van der Waals surface area contributed by atoms with Gasteiger partial charge in [-0.05, 0) is 48.5 Å². The van der Waals surface area contributed by atoms with Crippen molar-refractivity contribution in [1.82, 2.24) is 4.98 Å². The highest BCUT2D eigenvalue weighted by atomic mass is 32.1. The fraction of sp³-hybridized carbons (Fsp3) is 0.0435. The third kappa shape index (κ3) is 4.62. The van der Waals surface area contributed by atoms with E-state index >= 15 is 0 Å². The summed E-state index contributed by atoms with van der Waals surface area (Å²) < 4.78 is 11.0. The molecule has 0 aliphatic rings. The Morgan fingerprint density at radius 3 is 2.38 bits per heavy atom. The molecule has 0 fully saturated rings. The smallest absolute Gasteiger partial charge is 0.257 e. The Hall–Kier alpha value is -3.64. The summed E-state index contributed by atoms with van der Waals surface area (Å²) in [6.07, 6.45) is 0. The van der Waals surface area contributed by atoms with Crippen molar-refractivity contribution < 1.29 is 14.3 Å². The Bertz CT molecular complexity index is 1110. The minimum Gasteiger partial charge on any atom is -0.497 e. The third-order valence-electron chi connectivity index (χ3n) is 4.19. The quantitative estimate of drug-likeness (QED) is 0.439. The van der Waals surface area contributed by atoms with E-state index < -0.39 is 0 Å². The monoisotopic (exact) mass is 402 g/mol. The van der Waals surface area contributed by atoms with Crippen molar-refractivity contribution in [2.45, 2.75) is 0 Å². The average Bonchev–Trinajstić information content (AvgIpc) is 3.23. The van der Waals surface area contributed by atoms with E-state index in [0.717, 1.165) is 22.8 Å². The zero-order chi connectivity index (χ0) is 20.1. The maximum Gasteiger partial charge on any atom is 0.257 e. The summed E-state index contributed by atoms with van der Waals surface area (Å²) in [5.41, 5.74) is 2.25. The van der Waals surface area contributed by atoms with Gasteiger partial charge in [-0.25, -0.2) is 4.98 Å². The molecular formula is C23H18N2O3S. The first-order valence-electron chi connectivity index (χ1n) is 8.95. The predicted octanol–water partition coefficient (Wildman–Crippen LogP) is 5.86. The molecule has 3 aromatic carbocycles. The van der Waals surface area contributed by atoms with Gasteiger partial charge in [0.2, 0.25) is 0 Å². The molecule has 0 aliphatic carbocycles. The number of ether oxygens (including phenoxy) is 2. The van der Waals surface area contributed by atoms with Crippen LogP contribution in [0.25, 0.3) is 11.3 Å². The largest absolute Gasteiger partial charge is 0.497 e. The van der Waals surface area contributed by atoms with Crippen LogP contribution in [-0.4, -0.2) is 18.0 Å². The van der Waals surface area contributed by atoms with Crippen molar-refractivity contribution in [3.8, 4) is 28.5 Å². The molecule has 1 amide bonds. The first kappa shape index (κ1) is 18.7. The van der Waals surface area contributed by atoms with Crippen LogP contribution in [0.15, 0.2) is 84.2 Å². The number of nitrogens with zero attached hydrogens (tertiary/aromatic N) is 1. The summed E-state index contributed by atoms with van der Waals surface area (Å²) in [5.74, 6) is 1.96. The van der Waals surface area contributed by atoms with Gasteiger partial charge in [-0.3, -0.25) is 10.1 Å². The Morgan fingerprint density at radius 2 is 1.62 bits per heavy atom. The molecule has 29 heavy (non-hydrogen) atoms. The molecule has 0 atom stereocenters. The molecule has 6 heteroatoms. The lowest BCUT2D eigenvalue weighted by molar-refractivity contribution is 0.102. The van der Waals surface area contributed by atoms with Crippen LogP contribution in [-0.2, 0) is 0 Å². The highest BCUT2D eigenvalue weighted by Crippen LogP contribution is 2.28. The molecule has 0 bridgehead atoms. The van der Waals surface area contributed by atoms with Crippen LogP contribution in [0.5, 0.6) is 17.2 Å². The van der Waals surface area contributed by atoms with Gasteiger partial charge in [0.25, 0.3) is 5.91 Å². The maximum atomic E-state index is 12.5. The van der Waals surface area contributed by atoms with Gasteiger partial charge in [-0.2, -0.15) is 0 Å². The highest BCUT2D eigenvalue weighted by Gasteiger charge is 2.11. The molecule has 1 aromatic heterocycles. The number of hydrogen-bond donors (Lipinski definition) is 1. The van der Waals surface area contributed by atoms with Crippen LogP contribution in [0.3, 0.4) is 0 Å². The van der Waals surface area contributed by atoms with Crippen molar-refractivity contribution in [2.24, 2.45) is 0 Å². The summed E-state index contributed by atoms with van der Waals surface area (Å²) in [7, 11) is 1.63. The van der Waals surface area contributed by atoms with Crippen molar-refractivity contribution in [1.29, 1.82) is 0 Å². The molecule has 0 spiro atoms. The molecule has 4 aromatic rings. The Balaban J connectivity index is 1.42. The summed E-state index contributed by atoms with van der Waals surface area (Å²) in [6.45, 7) is 0. The zero-order valence-corrected chi connectivity index (χ0v) is 16.5. The Labute approximate surface area is 172 Å². The lowest BCUT2D eigenvalue weighted by Gasteiger charge is -2.06. The number of anilines is 1. The van der Waals surface area contributed by atoms with Gasteiger partial charge in [0.1, 0.15) is 17.2 Å². The van der Waals surface area contributed by atoms with Crippen molar-refractivity contribution in [3.63, 3.8) is 0 Å². The minimum atomic E-state index is -0.220. The normalized spacial score (nSPS) is 10.4. The number of para-hydroxylation sites is 1. The fourth-order valence-electron chi connectivity index (χ4n) is 2.71. The minimum absolute atomic E-state index is 0.220. The van der Waals surface area contributed by atoms with Crippen LogP contribution in [0.1, 0.15) is 10.4 Å². The second kappa shape index (κ2) is 8.58. The number of carbonyl (C=O) groups is 1. The summed E-state index contributed by atoms with van der Waals surface area (Å²) in [4.78, 5) is 17.0. The molecule has 1 N–H and O–H groups in total. The van der Waals surface area contributed by atoms with Crippen LogP contribution < -0.4 is 14.8 Å². The summed E-state index contributed by atoms with van der Waals surface area (Å²) in [6, 6.07) is 24.1. The number of amides is 1. The molecule has 0 aliphatic heterocycles. The molecule has 0 unspecified atom stereocenters. The van der Waals surface area contributed by atoms with E-state index in [2.05, 4.69) is 10.3 Å². The number of rotatable bonds is 6. The average molecular weight is 402 g/mol. The number of benzene rings is 3. The number of hydrogen-bond acceptors (Lipinski definition) is 5. The number of aromatic nitrogens is 1. The molecule has 0 radical (unpaired) electrons. The Morgan fingerprint density at radius 1 is 0.897 bits per heavy atom. The first-order valence-corrected chi connectivity index (χ1v) is 9.83. The van der Waals surface area contributed by atoms with Gasteiger partial charge >= 0.3 is 0 Å². The predicted molar refractivity (Wildman–Crippen MR) is 115 cm³/mol. The molecule has 0 saturated carbocycles. The Kier molecular flexibility index (Phi) is 5.54. The molecule has 144 valence electrons. The van der Waals surface area contributed by atoms with E-state index in [0.29, 0.717) is 16.4 Å². The molecule has 1 heterocycles. The number of nitrogens with one attached hydrogen (secondary N) is 1. The fourth-order valence-corrected chi connectivity index (χ4v) is 3.43. The second-order valence-corrected chi connectivity index (χ2v) is 7.02.